The van der Waals surface area contributed by atoms with Crippen LogP contribution in [0.2, 0.25) is 0 Å². The van der Waals surface area contributed by atoms with Gasteiger partial charge in [-0.1, -0.05) is 34.1 Å². The Labute approximate surface area is 83.3 Å². The lowest BCUT2D eigenvalue weighted by Gasteiger charge is -1.90. The van der Waals surface area contributed by atoms with E-state index in [1.807, 2.05) is 24.3 Å². The van der Waals surface area contributed by atoms with Crippen LogP contribution in [-0.2, 0) is 0 Å². The fraction of sp³-hybridized carbons (Fsp3) is 0.111. The number of ketones is 1. The van der Waals surface area contributed by atoms with Gasteiger partial charge in [-0.2, -0.15) is 5.10 Å². The number of halogens is 1. The number of alkyl halides is 1. The van der Waals surface area contributed by atoms with Gasteiger partial charge in [-0.15, -0.1) is 0 Å². The molecule has 0 bridgehead atoms. The zero-order chi connectivity index (χ0) is 9.26. The van der Waals surface area contributed by atoms with Crippen LogP contribution in [0, 0.1) is 0 Å². The van der Waals surface area contributed by atoms with Crippen molar-refractivity contribution >= 4 is 32.6 Å². The van der Waals surface area contributed by atoms with Crippen LogP contribution in [0.1, 0.15) is 10.5 Å². The van der Waals surface area contributed by atoms with E-state index in [2.05, 4.69) is 26.1 Å². The minimum absolute atomic E-state index is 0.00236. The number of benzene rings is 1. The number of hydrogen-bond donors (Lipinski definition) is 1. The fourth-order valence-electron chi connectivity index (χ4n) is 1.24. The second kappa shape index (κ2) is 3.30. The van der Waals surface area contributed by atoms with Crippen molar-refractivity contribution < 1.29 is 4.79 Å². The minimum atomic E-state index is -0.00236. The van der Waals surface area contributed by atoms with Crippen LogP contribution in [0.15, 0.2) is 24.3 Å². The first-order valence-electron chi connectivity index (χ1n) is 3.85. The van der Waals surface area contributed by atoms with E-state index in [9.17, 15) is 4.79 Å². The number of carbonyl (C=O) groups excluding carboxylic acids is 1. The van der Waals surface area contributed by atoms with Gasteiger partial charge in [0.15, 0.2) is 5.78 Å². The first-order chi connectivity index (χ1) is 6.33. The topological polar surface area (TPSA) is 45.8 Å². The van der Waals surface area contributed by atoms with Gasteiger partial charge < -0.3 is 0 Å². The van der Waals surface area contributed by atoms with Crippen molar-refractivity contribution in [3.05, 3.63) is 30.0 Å². The summed E-state index contributed by atoms with van der Waals surface area (Å²) >= 11 is 3.12. The highest BCUT2D eigenvalue weighted by atomic mass is 79.9. The number of rotatable bonds is 2. The molecule has 66 valence electrons. The summed E-state index contributed by atoms with van der Waals surface area (Å²) in [6.07, 6.45) is 0. The standard InChI is InChI=1S/C9H7BrN2O/c10-5-8(13)9-6-3-1-2-4-7(6)11-12-9/h1-4H,5H2,(H,11,12). The Hall–Kier alpha value is -1.16. The molecule has 4 heteroatoms. The minimum Gasteiger partial charge on any atom is -0.291 e. The van der Waals surface area contributed by atoms with Gasteiger partial charge in [0.25, 0.3) is 0 Å². The molecule has 0 atom stereocenters. The molecule has 0 aliphatic heterocycles. The Balaban J connectivity index is 2.64. The number of carbonyl (C=O) groups is 1. The van der Waals surface area contributed by atoms with Gasteiger partial charge in [0.1, 0.15) is 5.69 Å². The number of H-pyrrole nitrogens is 1. The number of hydrogen-bond acceptors (Lipinski definition) is 2. The first-order valence-corrected chi connectivity index (χ1v) is 4.97. The Morgan fingerprint density at radius 3 is 3.00 bits per heavy atom. The van der Waals surface area contributed by atoms with E-state index >= 15 is 0 Å². The maximum Gasteiger partial charge on any atom is 0.194 e. The highest BCUT2D eigenvalue weighted by Gasteiger charge is 2.11. The molecule has 1 aromatic heterocycles. The van der Waals surface area contributed by atoms with E-state index < -0.39 is 0 Å². The van der Waals surface area contributed by atoms with E-state index in [0.29, 0.717) is 11.0 Å². The zero-order valence-electron chi connectivity index (χ0n) is 6.75. The second-order valence-electron chi connectivity index (χ2n) is 2.67. The van der Waals surface area contributed by atoms with E-state index in [1.54, 1.807) is 0 Å². The number of nitrogens with one attached hydrogen (secondary N) is 1. The van der Waals surface area contributed by atoms with Crippen molar-refractivity contribution in [2.75, 3.05) is 5.33 Å². The molecule has 2 rings (SSSR count). The molecule has 0 unspecified atom stereocenters. The van der Waals surface area contributed by atoms with E-state index in [-0.39, 0.29) is 5.78 Å². The predicted molar refractivity (Wildman–Crippen MR) is 54.2 cm³/mol. The van der Waals surface area contributed by atoms with Crippen LogP contribution in [0.3, 0.4) is 0 Å². The molecule has 0 aliphatic rings. The third-order valence-corrected chi connectivity index (χ3v) is 2.37. The van der Waals surface area contributed by atoms with Gasteiger partial charge >= 0.3 is 0 Å². The summed E-state index contributed by atoms with van der Waals surface area (Å²) in [6.45, 7) is 0. The number of nitrogens with zero attached hydrogens (tertiary/aromatic N) is 1. The van der Waals surface area contributed by atoms with Crippen molar-refractivity contribution in [1.82, 2.24) is 10.2 Å². The van der Waals surface area contributed by atoms with Gasteiger partial charge in [0, 0.05) is 5.39 Å². The van der Waals surface area contributed by atoms with Gasteiger partial charge in [-0.3, -0.25) is 9.89 Å². The molecular weight excluding hydrogens is 232 g/mol. The highest BCUT2D eigenvalue weighted by Crippen LogP contribution is 2.15. The summed E-state index contributed by atoms with van der Waals surface area (Å²) in [5.41, 5.74) is 1.40. The van der Waals surface area contributed by atoms with Gasteiger partial charge in [-0.05, 0) is 6.07 Å². The van der Waals surface area contributed by atoms with Crippen LogP contribution < -0.4 is 0 Å². The van der Waals surface area contributed by atoms with Gasteiger partial charge in [-0.25, -0.2) is 0 Å². The molecule has 13 heavy (non-hydrogen) atoms. The molecule has 0 radical (unpaired) electrons. The molecule has 0 saturated carbocycles. The molecule has 1 aromatic carbocycles. The van der Waals surface area contributed by atoms with Crippen molar-refractivity contribution in [1.29, 1.82) is 0 Å². The summed E-state index contributed by atoms with van der Waals surface area (Å²) in [5, 5.41) is 7.96. The highest BCUT2D eigenvalue weighted by molar-refractivity contribution is 9.09. The molecule has 1 N–H and O–H groups in total. The number of Topliss-reactive ketones (excluding diaryl/α,β-unsaturated/α-hetero) is 1. The summed E-state index contributed by atoms with van der Waals surface area (Å²) in [5.74, 6) is -0.00236. The van der Waals surface area contributed by atoms with Gasteiger partial charge in [0.2, 0.25) is 0 Å². The van der Waals surface area contributed by atoms with Crippen LogP contribution >= 0.6 is 15.9 Å². The summed E-state index contributed by atoms with van der Waals surface area (Å²) in [4.78, 5) is 11.4. The van der Waals surface area contributed by atoms with Crippen LogP contribution in [-0.4, -0.2) is 21.3 Å². The molecule has 0 aliphatic carbocycles. The van der Waals surface area contributed by atoms with Crippen molar-refractivity contribution in [3.8, 4) is 0 Å². The lowest BCUT2D eigenvalue weighted by Crippen LogP contribution is -2.00. The van der Waals surface area contributed by atoms with E-state index in [1.165, 1.54) is 0 Å². The Morgan fingerprint density at radius 2 is 2.23 bits per heavy atom. The Kier molecular flexibility index (Phi) is 2.14. The molecular formula is C9H7BrN2O. The molecule has 2 aromatic rings. The number of para-hydroxylation sites is 1. The summed E-state index contributed by atoms with van der Waals surface area (Å²) in [6, 6.07) is 7.58. The predicted octanol–water partition coefficient (Wildman–Crippen LogP) is 2.14. The monoisotopic (exact) mass is 238 g/mol. The molecule has 0 fully saturated rings. The molecule has 1 heterocycles. The van der Waals surface area contributed by atoms with Crippen LogP contribution in [0.4, 0.5) is 0 Å². The normalized spacial score (nSPS) is 10.5. The quantitative estimate of drug-likeness (QED) is 0.644. The number of fused-ring (bicyclic) bond motifs is 1. The first kappa shape index (κ1) is 8.44. The van der Waals surface area contributed by atoms with Crippen LogP contribution in [0.5, 0.6) is 0 Å². The number of aromatic amines is 1. The van der Waals surface area contributed by atoms with Gasteiger partial charge in [0.05, 0.1) is 10.8 Å². The zero-order valence-corrected chi connectivity index (χ0v) is 8.34. The lowest BCUT2D eigenvalue weighted by atomic mass is 10.2. The lowest BCUT2D eigenvalue weighted by molar-refractivity contribution is 0.102. The summed E-state index contributed by atoms with van der Waals surface area (Å²) < 4.78 is 0. The largest absolute Gasteiger partial charge is 0.291 e. The average molecular weight is 239 g/mol. The molecule has 0 amide bonds. The Bertz CT molecular complexity index is 450. The molecule has 3 nitrogen and oxygen atoms in total. The maximum atomic E-state index is 11.4. The Morgan fingerprint density at radius 1 is 1.46 bits per heavy atom. The molecule has 0 saturated heterocycles. The SMILES string of the molecule is O=C(CBr)c1n[nH]c2ccccc12. The maximum absolute atomic E-state index is 11.4. The van der Waals surface area contributed by atoms with Crippen molar-refractivity contribution in [3.63, 3.8) is 0 Å². The second-order valence-corrected chi connectivity index (χ2v) is 3.24. The van der Waals surface area contributed by atoms with E-state index in [4.69, 9.17) is 0 Å². The number of aromatic nitrogens is 2. The van der Waals surface area contributed by atoms with E-state index in [0.717, 1.165) is 10.9 Å². The smallest absolute Gasteiger partial charge is 0.194 e. The fourth-order valence-corrected chi connectivity index (χ4v) is 1.50. The average Bonchev–Trinajstić information content (AvgIpc) is 2.60. The third-order valence-electron chi connectivity index (χ3n) is 1.86. The summed E-state index contributed by atoms with van der Waals surface area (Å²) in [7, 11) is 0. The van der Waals surface area contributed by atoms with Crippen molar-refractivity contribution in [2.24, 2.45) is 0 Å². The molecule has 0 spiro atoms. The van der Waals surface area contributed by atoms with Crippen molar-refractivity contribution in [2.45, 2.75) is 0 Å². The van der Waals surface area contributed by atoms with Crippen LogP contribution in [0.25, 0.3) is 10.9 Å². The third kappa shape index (κ3) is 1.37.